The standard InChI is InChI=1S/C15H19N3O3/c16-10-3-4-11(17-7-10)6-12(19)18-14-9-2-1-8(5-9)13(14)15(20)21/h3-4,7-9,13-14H,1-2,5-6,16H2,(H,18,19)(H,20,21). The number of fused-ring (bicyclic) bond motifs is 2. The summed E-state index contributed by atoms with van der Waals surface area (Å²) in [6.45, 7) is 0. The minimum atomic E-state index is -0.793. The molecule has 1 aromatic heterocycles. The number of nitrogens with two attached hydrogens (primary N) is 1. The topological polar surface area (TPSA) is 105 Å². The Morgan fingerprint density at radius 2 is 2.10 bits per heavy atom. The largest absolute Gasteiger partial charge is 0.481 e. The minimum absolute atomic E-state index is 0.153. The van der Waals surface area contributed by atoms with E-state index in [1.165, 1.54) is 6.20 Å². The van der Waals surface area contributed by atoms with Gasteiger partial charge in [0.1, 0.15) is 0 Å². The molecule has 0 spiro atoms. The summed E-state index contributed by atoms with van der Waals surface area (Å²) in [7, 11) is 0. The Balaban J connectivity index is 1.64. The van der Waals surface area contributed by atoms with Crippen molar-refractivity contribution in [3.05, 3.63) is 24.0 Å². The molecule has 6 heteroatoms. The van der Waals surface area contributed by atoms with Crippen LogP contribution in [0.1, 0.15) is 25.0 Å². The maximum absolute atomic E-state index is 12.1. The summed E-state index contributed by atoms with van der Waals surface area (Å²) in [6, 6.07) is 3.18. The molecule has 2 aliphatic carbocycles. The van der Waals surface area contributed by atoms with Gasteiger partial charge in [-0.2, -0.15) is 0 Å². The molecule has 21 heavy (non-hydrogen) atoms. The number of carboxylic acids is 1. The first kappa shape index (κ1) is 13.9. The molecule has 6 nitrogen and oxygen atoms in total. The lowest BCUT2D eigenvalue weighted by molar-refractivity contribution is -0.144. The summed E-state index contributed by atoms with van der Waals surface area (Å²) in [5.41, 5.74) is 6.74. The van der Waals surface area contributed by atoms with E-state index in [2.05, 4.69) is 10.3 Å². The molecule has 1 aromatic rings. The van der Waals surface area contributed by atoms with Crippen molar-refractivity contribution in [2.24, 2.45) is 17.8 Å². The normalized spacial score (nSPS) is 30.3. The third-order valence-corrected chi connectivity index (χ3v) is 4.72. The second-order valence-electron chi connectivity index (χ2n) is 6.05. The van der Waals surface area contributed by atoms with Gasteiger partial charge in [-0.3, -0.25) is 14.6 Å². The Morgan fingerprint density at radius 1 is 1.33 bits per heavy atom. The van der Waals surface area contributed by atoms with E-state index < -0.39 is 11.9 Å². The number of aliphatic carboxylic acids is 1. The first-order valence-electron chi connectivity index (χ1n) is 7.27. The highest BCUT2D eigenvalue weighted by Gasteiger charge is 2.51. The number of aromatic nitrogens is 1. The molecule has 4 N–H and O–H groups in total. The van der Waals surface area contributed by atoms with E-state index in [1.807, 2.05) is 0 Å². The number of hydrogen-bond donors (Lipinski definition) is 3. The highest BCUT2D eigenvalue weighted by molar-refractivity contribution is 5.80. The van der Waals surface area contributed by atoms with Gasteiger partial charge >= 0.3 is 5.97 Å². The van der Waals surface area contributed by atoms with Crippen molar-refractivity contribution in [2.75, 3.05) is 5.73 Å². The van der Waals surface area contributed by atoms with Crippen LogP contribution in [-0.4, -0.2) is 28.0 Å². The molecule has 2 bridgehead atoms. The Morgan fingerprint density at radius 3 is 2.76 bits per heavy atom. The van der Waals surface area contributed by atoms with Crippen LogP contribution in [0.2, 0.25) is 0 Å². The number of amides is 1. The average molecular weight is 289 g/mol. The molecule has 0 aromatic carbocycles. The van der Waals surface area contributed by atoms with Crippen LogP contribution < -0.4 is 11.1 Å². The zero-order valence-electron chi connectivity index (χ0n) is 11.7. The number of nitrogen functional groups attached to an aromatic ring is 1. The van der Waals surface area contributed by atoms with E-state index in [-0.39, 0.29) is 24.3 Å². The fourth-order valence-electron chi connectivity index (χ4n) is 3.80. The molecule has 4 unspecified atom stereocenters. The maximum atomic E-state index is 12.1. The van der Waals surface area contributed by atoms with Crippen LogP contribution in [0.5, 0.6) is 0 Å². The maximum Gasteiger partial charge on any atom is 0.308 e. The molecular weight excluding hydrogens is 270 g/mol. The zero-order valence-corrected chi connectivity index (χ0v) is 11.7. The van der Waals surface area contributed by atoms with Crippen LogP contribution in [0.4, 0.5) is 5.69 Å². The van der Waals surface area contributed by atoms with Crippen molar-refractivity contribution < 1.29 is 14.7 Å². The van der Waals surface area contributed by atoms with Gasteiger partial charge in [0.15, 0.2) is 0 Å². The number of nitrogens with zero attached hydrogens (tertiary/aromatic N) is 1. The van der Waals surface area contributed by atoms with Gasteiger partial charge in [-0.1, -0.05) is 0 Å². The minimum Gasteiger partial charge on any atom is -0.481 e. The fourth-order valence-corrected chi connectivity index (χ4v) is 3.80. The molecule has 0 saturated heterocycles. The smallest absolute Gasteiger partial charge is 0.308 e. The first-order valence-corrected chi connectivity index (χ1v) is 7.27. The van der Waals surface area contributed by atoms with E-state index in [0.717, 1.165) is 19.3 Å². The lowest BCUT2D eigenvalue weighted by Gasteiger charge is -2.28. The predicted molar refractivity (Wildman–Crippen MR) is 76.2 cm³/mol. The third-order valence-electron chi connectivity index (χ3n) is 4.72. The Hall–Kier alpha value is -2.11. The van der Waals surface area contributed by atoms with Crippen LogP contribution >= 0.6 is 0 Å². The summed E-state index contributed by atoms with van der Waals surface area (Å²) >= 11 is 0. The van der Waals surface area contributed by atoms with Gasteiger partial charge in [0.05, 0.1) is 24.2 Å². The second-order valence-corrected chi connectivity index (χ2v) is 6.05. The molecule has 0 radical (unpaired) electrons. The molecule has 4 atom stereocenters. The quantitative estimate of drug-likeness (QED) is 0.761. The number of carbonyl (C=O) groups is 2. The van der Waals surface area contributed by atoms with Crippen LogP contribution in [0.15, 0.2) is 18.3 Å². The fraction of sp³-hybridized carbons (Fsp3) is 0.533. The number of rotatable bonds is 4. The molecule has 3 rings (SSSR count). The number of hydrogen-bond acceptors (Lipinski definition) is 4. The van der Waals surface area contributed by atoms with Crippen LogP contribution in [0, 0.1) is 17.8 Å². The van der Waals surface area contributed by atoms with Gasteiger partial charge in [0, 0.05) is 11.7 Å². The van der Waals surface area contributed by atoms with E-state index >= 15 is 0 Å². The molecule has 2 fully saturated rings. The van der Waals surface area contributed by atoms with Crippen molar-refractivity contribution in [1.29, 1.82) is 0 Å². The summed E-state index contributed by atoms with van der Waals surface area (Å²) in [6.07, 6.45) is 4.57. The van der Waals surface area contributed by atoms with Crippen molar-refractivity contribution in [3.63, 3.8) is 0 Å². The number of carboxylic acid groups (broad SMARTS) is 1. The number of carbonyl (C=O) groups excluding carboxylic acids is 1. The Labute approximate surface area is 122 Å². The number of anilines is 1. The van der Waals surface area contributed by atoms with Crippen LogP contribution in [0.25, 0.3) is 0 Å². The van der Waals surface area contributed by atoms with Gasteiger partial charge in [-0.05, 0) is 43.2 Å². The van der Waals surface area contributed by atoms with Crippen LogP contribution in [-0.2, 0) is 16.0 Å². The van der Waals surface area contributed by atoms with E-state index in [4.69, 9.17) is 5.73 Å². The van der Waals surface area contributed by atoms with Crippen molar-refractivity contribution in [2.45, 2.75) is 31.7 Å². The van der Waals surface area contributed by atoms with Gasteiger partial charge in [0.2, 0.25) is 5.91 Å². The highest BCUT2D eigenvalue weighted by Crippen LogP contribution is 2.48. The van der Waals surface area contributed by atoms with Crippen LogP contribution in [0.3, 0.4) is 0 Å². The van der Waals surface area contributed by atoms with Gasteiger partial charge < -0.3 is 16.2 Å². The molecule has 2 saturated carbocycles. The number of nitrogens with one attached hydrogen (secondary N) is 1. The Bertz CT molecular complexity index is 558. The SMILES string of the molecule is Nc1ccc(CC(=O)NC2C3CCC(C3)C2C(=O)O)nc1. The van der Waals surface area contributed by atoms with E-state index in [1.54, 1.807) is 12.1 Å². The lowest BCUT2D eigenvalue weighted by atomic mass is 9.84. The second kappa shape index (κ2) is 5.35. The third kappa shape index (κ3) is 2.70. The molecular formula is C15H19N3O3. The molecule has 0 aliphatic heterocycles. The van der Waals surface area contributed by atoms with Crippen molar-refractivity contribution >= 4 is 17.6 Å². The Kier molecular flexibility index (Phi) is 3.53. The zero-order chi connectivity index (χ0) is 15.0. The van der Waals surface area contributed by atoms with Crippen molar-refractivity contribution in [1.82, 2.24) is 10.3 Å². The summed E-state index contributed by atoms with van der Waals surface area (Å²) < 4.78 is 0. The predicted octanol–water partition coefficient (Wildman–Crippen LogP) is 0.822. The van der Waals surface area contributed by atoms with Gasteiger partial charge in [-0.25, -0.2) is 0 Å². The van der Waals surface area contributed by atoms with Crippen molar-refractivity contribution in [3.8, 4) is 0 Å². The molecule has 1 amide bonds. The monoisotopic (exact) mass is 289 g/mol. The molecule has 112 valence electrons. The van der Waals surface area contributed by atoms with Gasteiger partial charge in [0.25, 0.3) is 0 Å². The summed E-state index contributed by atoms with van der Waals surface area (Å²) in [5, 5.41) is 12.3. The summed E-state index contributed by atoms with van der Waals surface area (Å²) in [5.74, 6) is -0.881. The molecule has 2 aliphatic rings. The van der Waals surface area contributed by atoms with E-state index in [0.29, 0.717) is 17.3 Å². The van der Waals surface area contributed by atoms with E-state index in [9.17, 15) is 14.7 Å². The highest BCUT2D eigenvalue weighted by atomic mass is 16.4. The van der Waals surface area contributed by atoms with Gasteiger partial charge in [-0.15, -0.1) is 0 Å². The summed E-state index contributed by atoms with van der Waals surface area (Å²) in [4.78, 5) is 27.6. The lowest BCUT2D eigenvalue weighted by Crippen LogP contribution is -2.47. The average Bonchev–Trinajstić information content (AvgIpc) is 3.02. The number of pyridine rings is 1. The first-order chi connectivity index (χ1) is 10.0. The molecule has 1 heterocycles.